The van der Waals surface area contributed by atoms with Crippen LogP contribution in [-0.2, 0) is 0 Å². The van der Waals surface area contributed by atoms with Gasteiger partial charge in [-0.25, -0.2) is 0 Å². The molecule has 0 aliphatic carbocycles. The van der Waals surface area contributed by atoms with Crippen molar-refractivity contribution in [2.45, 2.75) is 24.2 Å². The molecule has 3 heteroatoms. The molecule has 1 aliphatic heterocycles. The van der Waals surface area contributed by atoms with Crippen molar-refractivity contribution in [3.05, 3.63) is 66.0 Å². The predicted molar refractivity (Wildman–Crippen MR) is 82.6 cm³/mol. The quantitative estimate of drug-likeness (QED) is 0.763. The van der Waals surface area contributed by atoms with Gasteiger partial charge in [0.25, 0.3) is 0 Å². The van der Waals surface area contributed by atoms with E-state index in [-0.39, 0.29) is 5.82 Å². The Morgan fingerprint density at radius 2 is 1.80 bits per heavy atom. The molecule has 1 unspecified atom stereocenters. The molecule has 2 aromatic carbocycles. The topological polar surface area (TPSA) is 12.4 Å². The zero-order valence-corrected chi connectivity index (χ0v) is 12.8. The van der Waals surface area contributed by atoms with E-state index in [1.54, 1.807) is 12.1 Å². The summed E-state index contributed by atoms with van der Waals surface area (Å²) in [6, 6.07) is 17.7. The number of nitrogens with zero attached hydrogens (tertiary/aromatic N) is 1. The standard InChI is InChI=1S/C17H16FNSe/c18-14-6-9-16(10-7-14)20-12-15-8-11-17(19-15)13-4-2-1-3-5-13/h1-7,9-10,15H,8,11-12H2. The van der Waals surface area contributed by atoms with Gasteiger partial charge in [-0.2, -0.15) is 0 Å². The molecular formula is C17H16FNSe. The van der Waals surface area contributed by atoms with Crippen LogP contribution in [0.3, 0.4) is 0 Å². The Bertz CT molecular complexity index is 592. The van der Waals surface area contributed by atoms with E-state index in [4.69, 9.17) is 4.99 Å². The summed E-state index contributed by atoms with van der Waals surface area (Å²) in [4.78, 5) is 4.85. The Morgan fingerprint density at radius 1 is 1.05 bits per heavy atom. The van der Waals surface area contributed by atoms with Crippen LogP contribution >= 0.6 is 0 Å². The van der Waals surface area contributed by atoms with E-state index in [9.17, 15) is 4.39 Å². The summed E-state index contributed by atoms with van der Waals surface area (Å²) >= 11 is 0.383. The molecule has 0 radical (unpaired) electrons. The van der Waals surface area contributed by atoms with Gasteiger partial charge >= 0.3 is 125 Å². The van der Waals surface area contributed by atoms with Crippen molar-refractivity contribution in [3.8, 4) is 0 Å². The van der Waals surface area contributed by atoms with Crippen LogP contribution in [0, 0.1) is 5.82 Å². The van der Waals surface area contributed by atoms with E-state index in [0.717, 1.165) is 18.2 Å². The van der Waals surface area contributed by atoms with Gasteiger partial charge in [-0.1, -0.05) is 0 Å². The van der Waals surface area contributed by atoms with E-state index in [2.05, 4.69) is 24.3 Å². The Hall–Kier alpha value is -1.44. The van der Waals surface area contributed by atoms with Crippen molar-refractivity contribution in [2.24, 2.45) is 4.99 Å². The molecule has 0 aromatic heterocycles. The number of halogens is 1. The van der Waals surface area contributed by atoms with Crippen LogP contribution in [-0.4, -0.2) is 26.7 Å². The minimum atomic E-state index is -0.158. The molecular weight excluding hydrogens is 316 g/mol. The van der Waals surface area contributed by atoms with Crippen molar-refractivity contribution >= 4 is 25.1 Å². The maximum atomic E-state index is 12.9. The molecule has 0 spiro atoms. The number of rotatable bonds is 4. The van der Waals surface area contributed by atoms with Crippen LogP contribution in [0.15, 0.2) is 59.6 Å². The maximum absolute atomic E-state index is 12.9. The molecule has 0 saturated carbocycles. The number of hydrogen-bond donors (Lipinski definition) is 0. The van der Waals surface area contributed by atoms with Gasteiger partial charge in [0.05, 0.1) is 0 Å². The molecule has 1 nitrogen and oxygen atoms in total. The Balaban J connectivity index is 1.60. The van der Waals surface area contributed by atoms with Gasteiger partial charge in [-0.3, -0.25) is 0 Å². The van der Waals surface area contributed by atoms with Crippen molar-refractivity contribution < 1.29 is 4.39 Å². The van der Waals surface area contributed by atoms with Crippen LogP contribution in [0.1, 0.15) is 18.4 Å². The molecule has 0 N–H and O–H groups in total. The second kappa shape index (κ2) is 6.34. The normalized spacial score (nSPS) is 18.1. The third-order valence-electron chi connectivity index (χ3n) is 3.42. The summed E-state index contributed by atoms with van der Waals surface area (Å²) in [5, 5.41) is 1.11. The summed E-state index contributed by atoms with van der Waals surface area (Å²) in [5.41, 5.74) is 2.50. The van der Waals surface area contributed by atoms with Crippen LogP contribution in [0.25, 0.3) is 0 Å². The molecule has 1 heterocycles. The molecule has 3 rings (SSSR count). The first-order valence-electron chi connectivity index (χ1n) is 6.82. The summed E-state index contributed by atoms with van der Waals surface area (Å²) < 4.78 is 14.1. The van der Waals surface area contributed by atoms with E-state index in [0.29, 0.717) is 21.0 Å². The van der Waals surface area contributed by atoms with Gasteiger partial charge in [-0.15, -0.1) is 0 Å². The van der Waals surface area contributed by atoms with E-state index < -0.39 is 0 Å². The number of benzene rings is 2. The molecule has 2 aromatic rings. The third kappa shape index (κ3) is 3.36. The first-order chi connectivity index (χ1) is 9.81. The average molecular weight is 332 g/mol. The van der Waals surface area contributed by atoms with Crippen molar-refractivity contribution in [1.29, 1.82) is 0 Å². The number of hydrogen-bond acceptors (Lipinski definition) is 1. The fourth-order valence-electron chi connectivity index (χ4n) is 2.35. The monoisotopic (exact) mass is 333 g/mol. The molecule has 0 fully saturated rings. The van der Waals surface area contributed by atoms with Crippen LogP contribution in [0.4, 0.5) is 4.39 Å². The van der Waals surface area contributed by atoms with Crippen molar-refractivity contribution in [2.75, 3.05) is 0 Å². The summed E-state index contributed by atoms with van der Waals surface area (Å²) in [5.74, 6) is -0.158. The molecule has 0 amide bonds. The van der Waals surface area contributed by atoms with Gasteiger partial charge in [0.2, 0.25) is 0 Å². The average Bonchev–Trinajstić information content (AvgIpc) is 2.97. The van der Waals surface area contributed by atoms with E-state index in [1.165, 1.54) is 15.7 Å². The Morgan fingerprint density at radius 3 is 2.55 bits per heavy atom. The van der Waals surface area contributed by atoms with Crippen LogP contribution in [0.2, 0.25) is 5.32 Å². The first kappa shape index (κ1) is 13.5. The first-order valence-corrected chi connectivity index (χ1v) is 8.88. The second-order valence-electron chi connectivity index (χ2n) is 4.90. The molecule has 1 atom stereocenters. The fraction of sp³-hybridized carbons (Fsp3) is 0.235. The molecule has 1 aliphatic rings. The Kier molecular flexibility index (Phi) is 4.29. The van der Waals surface area contributed by atoms with Gasteiger partial charge in [0, 0.05) is 0 Å². The van der Waals surface area contributed by atoms with Gasteiger partial charge in [0.1, 0.15) is 0 Å². The van der Waals surface area contributed by atoms with Crippen LogP contribution in [0.5, 0.6) is 0 Å². The molecule has 20 heavy (non-hydrogen) atoms. The van der Waals surface area contributed by atoms with Gasteiger partial charge < -0.3 is 0 Å². The van der Waals surface area contributed by atoms with Crippen molar-refractivity contribution in [3.63, 3.8) is 0 Å². The zero-order chi connectivity index (χ0) is 13.8. The minimum absolute atomic E-state index is 0.158. The van der Waals surface area contributed by atoms with E-state index >= 15 is 0 Å². The summed E-state index contributed by atoms with van der Waals surface area (Å²) in [6.07, 6.45) is 2.22. The molecule has 102 valence electrons. The van der Waals surface area contributed by atoms with Crippen molar-refractivity contribution in [1.82, 2.24) is 0 Å². The van der Waals surface area contributed by atoms with Gasteiger partial charge in [0.15, 0.2) is 0 Å². The SMILES string of the molecule is Fc1ccc([Se]CC2CCC(c3ccccc3)=N2)cc1. The Labute approximate surface area is 125 Å². The predicted octanol–water partition coefficient (Wildman–Crippen LogP) is 3.23. The summed E-state index contributed by atoms with van der Waals surface area (Å²) in [6.45, 7) is 0. The van der Waals surface area contributed by atoms with Crippen LogP contribution < -0.4 is 4.46 Å². The molecule has 0 bridgehead atoms. The van der Waals surface area contributed by atoms with E-state index in [1.807, 2.05) is 18.2 Å². The summed E-state index contributed by atoms with van der Waals surface area (Å²) in [7, 11) is 0. The van der Waals surface area contributed by atoms with Gasteiger partial charge in [-0.05, 0) is 0 Å². The molecule has 0 saturated heterocycles. The zero-order valence-electron chi connectivity index (χ0n) is 11.1. The third-order valence-corrected chi connectivity index (χ3v) is 5.84. The number of aliphatic imine (C=N–C) groups is 1. The second-order valence-corrected chi connectivity index (χ2v) is 7.19. The fourth-order valence-corrected chi connectivity index (χ4v) is 4.35.